The van der Waals surface area contributed by atoms with Gasteiger partial charge in [0.2, 0.25) is 0 Å². The Hall–Kier alpha value is -1.79. The van der Waals surface area contributed by atoms with Crippen molar-refractivity contribution < 1.29 is 13.9 Å². The van der Waals surface area contributed by atoms with E-state index in [1.165, 1.54) is 0 Å². The Morgan fingerprint density at radius 3 is 2.58 bits per heavy atom. The van der Waals surface area contributed by atoms with Gasteiger partial charge in [-0.2, -0.15) is 0 Å². The van der Waals surface area contributed by atoms with Crippen LogP contribution in [0.5, 0.6) is 5.75 Å². The maximum absolute atomic E-state index is 12.2. The molecule has 0 radical (unpaired) electrons. The van der Waals surface area contributed by atoms with Gasteiger partial charge in [0.05, 0.1) is 0 Å². The number of furan rings is 1. The molecule has 0 spiro atoms. The number of rotatable bonds is 5. The fourth-order valence-electron chi connectivity index (χ4n) is 2.78. The first-order valence-corrected chi connectivity index (χ1v) is 8.93. The number of nitrogens with two attached hydrogens (primary N) is 1. The fraction of sp³-hybridized carbons (Fsp3) is 0.389. The van der Waals surface area contributed by atoms with Crippen LogP contribution >= 0.6 is 15.9 Å². The minimum absolute atomic E-state index is 0.176. The predicted octanol–water partition coefficient (Wildman–Crippen LogP) is 3.62. The van der Waals surface area contributed by atoms with Crippen LogP contribution < -0.4 is 15.8 Å². The second kappa shape index (κ2) is 7.85. The molecule has 1 aromatic heterocycles. The van der Waals surface area contributed by atoms with E-state index in [-0.39, 0.29) is 24.6 Å². The minimum atomic E-state index is -0.176. The van der Waals surface area contributed by atoms with E-state index in [1.807, 2.05) is 24.3 Å². The zero-order valence-electron chi connectivity index (χ0n) is 13.3. The molecule has 24 heavy (non-hydrogen) atoms. The van der Waals surface area contributed by atoms with Crippen LogP contribution in [-0.2, 0) is 6.61 Å². The van der Waals surface area contributed by atoms with Gasteiger partial charge in [-0.25, -0.2) is 0 Å². The van der Waals surface area contributed by atoms with Crippen molar-refractivity contribution in [3.63, 3.8) is 0 Å². The third-order valence-electron chi connectivity index (χ3n) is 4.19. The largest absolute Gasteiger partial charge is 0.486 e. The topological polar surface area (TPSA) is 77.5 Å². The molecule has 1 heterocycles. The lowest BCUT2D eigenvalue weighted by molar-refractivity contribution is 0.0893. The molecular formula is C18H21BrN2O3. The molecule has 0 bridgehead atoms. The Morgan fingerprint density at radius 1 is 1.17 bits per heavy atom. The second-order valence-electron chi connectivity index (χ2n) is 6.09. The van der Waals surface area contributed by atoms with Crippen molar-refractivity contribution >= 4 is 21.8 Å². The molecule has 0 atom stereocenters. The second-order valence-corrected chi connectivity index (χ2v) is 7.01. The summed E-state index contributed by atoms with van der Waals surface area (Å²) in [5, 5.41) is 3.01. The molecule has 2 aromatic rings. The van der Waals surface area contributed by atoms with Crippen LogP contribution in [0.15, 0.2) is 45.3 Å². The number of hydrogen-bond acceptors (Lipinski definition) is 4. The lowest BCUT2D eigenvalue weighted by Crippen LogP contribution is -2.40. The summed E-state index contributed by atoms with van der Waals surface area (Å²) in [5.74, 6) is 1.51. The first-order chi connectivity index (χ1) is 11.6. The number of carbonyl (C=O) groups is 1. The third kappa shape index (κ3) is 4.61. The predicted molar refractivity (Wildman–Crippen MR) is 94.9 cm³/mol. The summed E-state index contributed by atoms with van der Waals surface area (Å²) in [7, 11) is 0. The van der Waals surface area contributed by atoms with Crippen molar-refractivity contribution in [2.75, 3.05) is 0 Å². The van der Waals surface area contributed by atoms with E-state index in [1.54, 1.807) is 12.1 Å². The number of ether oxygens (including phenoxy) is 1. The molecule has 0 unspecified atom stereocenters. The van der Waals surface area contributed by atoms with Crippen molar-refractivity contribution in [3.8, 4) is 5.75 Å². The summed E-state index contributed by atoms with van der Waals surface area (Å²) in [6.07, 6.45) is 3.76. The van der Waals surface area contributed by atoms with E-state index < -0.39 is 0 Å². The van der Waals surface area contributed by atoms with Gasteiger partial charge < -0.3 is 20.2 Å². The average Bonchev–Trinajstić information content (AvgIpc) is 3.06. The van der Waals surface area contributed by atoms with Gasteiger partial charge in [0.15, 0.2) is 5.76 Å². The smallest absolute Gasteiger partial charge is 0.287 e. The lowest BCUT2D eigenvalue weighted by atomic mass is 9.92. The molecule has 1 fully saturated rings. The van der Waals surface area contributed by atoms with E-state index in [0.29, 0.717) is 11.5 Å². The number of nitrogens with one attached hydrogen (secondary N) is 1. The standard InChI is InChI=1S/C18H21BrN2O3/c19-12-1-7-15(8-2-12)23-11-16-9-10-17(24-16)18(22)21-14-5-3-13(20)4-6-14/h1-2,7-10,13-14H,3-6,11,20H2,(H,21,22). The van der Waals surface area contributed by atoms with Crippen LogP contribution in [0.1, 0.15) is 42.0 Å². The minimum Gasteiger partial charge on any atom is -0.486 e. The van der Waals surface area contributed by atoms with Gasteiger partial charge in [-0.3, -0.25) is 4.79 Å². The van der Waals surface area contributed by atoms with Crippen LogP contribution in [0.25, 0.3) is 0 Å². The number of hydrogen-bond donors (Lipinski definition) is 2. The van der Waals surface area contributed by atoms with Gasteiger partial charge in [0, 0.05) is 16.6 Å². The van der Waals surface area contributed by atoms with Crippen molar-refractivity contribution in [1.82, 2.24) is 5.32 Å². The van der Waals surface area contributed by atoms with E-state index in [4.69, 9.17) is 14.9 Å². The SMILES string of the molecule is NC1CCC(NC(=O)c2ccc(COc3ccc(Br)cc3)o2)CC1. The van der Waals surface area contributed by atoms with E-state index in [9.17, 15) is 4.79 Å². The molecule has 1 saturated carbocycles. The van der Waals surface area contributed by atoms with E-state index in [2.05, 4.69) is 21.2 Å². The Kier molecular flexibility index (Phi) is 5.58. The van der Waals surface area contributed by atoms with Gasteiger partial charge in [0.25, 0.3) is 5.91 Å². The fourth-order valence-corrected chi connectivity index (χ4v) is 3.05. The Bertz CT molecular complexity index is 676. The van der Waals surface area contributed by atoms with Gasteiger partial charge in [-0.05, 0) is 62.1 Å². The average molecular weight is 393 g/mol. The van der Waals surface area contributed by atoms with Crippen molar-refractivity contribution in [2.24, 2.45) is 5.73 Å². The monoisotopic (exact) mass is 392 g/mol. The molecule has 1 aliphatic carbocycles. The van der Waals surface area contributed by atoms with E-state index in [0.717, 1.165) is 35.9 Å². The highest BCUT2D eigenvalue weighted by molar-refractivity contribution is 9.10. The lowest BCUT2D eigenvalue weighted by Gasteiger charge is -2.26. The molecule has 1 aliphatic rings. The van der Waals surface area contributed by atoms with Crippen molar-refractivity contribution in [2.45, 2.75) is 44.4 Å². The summed E-state index contributed by atoms with van der Waals surface area (Å²) in [6, 6.07) is 11.5. The number of amides is 1. The quantitative estimate of drug-likeness (QED) is 0.814. The number of carbonyl (C=O) groups excluding carboxylic acids is 1. The van der Waals surface area contributed by atoms with Crippen molar-refractivity contribution in [1.29, 1.82) is 0 Å². The summed E-state index contributed by atoms with van der Waals surface area (Å²) < 4.78 is 12.2. The van der Waals surface area contributed by atoms with Gasteiger partial charge >= 0.3 is 0 Å². The molecule has 1 aromatic carbocycles. The molecule has 1 amide bonds. The highest BCUT2D eigenvalue weighted by atomic mass is 79.9. The first kappa shape index (κ1) is 17.0. The Morgan fingerprint density at radius 2 is 1.88 bits per heavy atom. The number of benzene rings is 1. The molecule has 0 aliphatic heterocycles. The molecular weight excluding hydrogens is 372 g/mol. The molecule has 128 valence electrons. The van der Waals surface area contributed by atoms with Crippen LogP contribution in [0.4, 0.5) is 0 Å². The highest BCUT2D eigenvalue weighted by Crippen LogP contribution is 2.19. The maximum atomic E-state index is 12.2. The van der Waals surface area contributed by atoms with Crippen LogP contribution in [0.3, 0.4) is 0 Å². The van der Waals surface area contributed by atoms with E-state index >= 15 is 0 Å². The third-order valence-corrected chi connectivity index (χ3v) is 4.72. The summed E-state index contributed by atoms with van der Waals surface area (Å²) in [5.41, 5.74) is 5.88. The van der Waals surface area contributed by atoms with Crippen LogP contribution in [0.2, 0.25) is 0 Å². The Labute approximate surface area is 149 Å². The molecule has 5 nitrogen and oxygen atoms in total. The Balaban J connectivity index is 1.51. The number of halogens is 1. The summed E-state index contributed by atoms with van der Waals surface area (Å²) in [6.45, 7) is 0.285. The van der Waals surface area contributed by atoms with Gasteiger partial charge in [0.1, 0.15) is 18.1 Å². The molecule has 6 heteroatoms. The summed E-state index contributed by atoms with van der Waals surface area (Å²) in [4.78, 5) is 12.2. The molecule has 3 rings (SSSR count). The molecule has 3 N–H and O–H groups in total. The molecule has 0 saturated heterocycles. The van der Waals surface area contributed by atoms with Crippen LogP contribution in [-0.4, -0.2) is 18.0 Å². The highest BCUT2D eigenvalue weighted by Gasteiger charge is 2.21. The maximum Gasteiger partial charge on any atom is 0.287 e. The summed E-state index contributed by atoms with van der Waals surface area (Å²) >= 11 is 3.38. The van der Waals surface area contributed by atoms with Gasteiger partial charge in [-0.15, -0.1) is 0 Å². The van der Waals surface area contributed by atoms with Gasteiger partial charge in [-0.1, -0.05) is 15.9 Å². The van der Waals surface area contributed by atoms with Crippen molar-refractivity contribution in [3.05, 3.63) is 52.4 Å². The zero-order chi connectivity index (χ0) is 16.9. The first-order valence-electron chi connectivity index (χ1n) is 8.13. The van der Waals surface area contributed by atoms with Crippen LogP contribution in [0, 0.1) is 0 Å². The normalized spacial score (nSPS) is 20.6. The zero-order valence-corrected chi connectivity index (χ0v) is 14.9.